The van der Waals surface area contributed by atoms with Gasteiger partial charge in [-0.15, -0.1) is 0 Å². The lowest BCUT2D eigenvalue weighted by Gasteiger charge is -2.16. The fraction of sp³-hybridized carbons (Fsp3) is 0.292. The van der Waals surface area contributed by atoms with Gasteiger partial charge < -0.3 is 10.1 Å². The summed E-state index contributed by atoms with van der Waals surface area (Å²) in [4.78, 5) is 4.24. The molecule has 0 saturated heterocycles. The number of aromatic nitrogens is 1. The Balaban J connectivity index is 1.42. The summed E-state index contributed by atoms with van der Waals surface area (Å²) in [6.07, 6.45) is 4.94. The summed E-state index contributed by atoms with van der Waals surface area (Å²) in [5, 5.41) is 3.29. The standard InChI is InChI=1S/C24H28N2O/c1-2-21(22-9-4-3-5-10-22)19-20-12-14-23(15-13-20)27-18-8-17-26-24-11-6-7-16-25-24/h3-7,9-16,21H,2,8,17-19H2,1H3,(H,25,26). The van der Waals surface area contributed by atoms with Crippen molar-refractivity contribution < 1.29 is 4.74 Å². The van der Waals surface area contributed by atoms with Gasteiger partial charge in [0.25, 0.3) is 0 Å². The van der Waals surface area contributed by atoms with Crippen LogP contribution in [0.2, 0.25) is 0 Å². The molecule has 1 heterocycles. The maximum Gasteiger partial charge on any atom is 0.125 e. The van der Waals surface area contributed by atoms with E-state index in [4.69, 9.17) is 4.74 Å². The molecule has 3 rings (SSSR count). The van der Waals surface area contributed by atoms with E-state index in [0.29, 0.717) is 12.5 Å². The van der Waals surface area contributed by atoms with Crippen LogP contribution in [0.3, 0.4) is 0 Å². The zero-order chi connectivity index (χ0) is 18.7. The molecular weight excluding hydrogens is 332 g/mol. The van der Waals surface area contributed by atoms with Gasteiger partial charge in [0.15, 0.2) is 0 Å². The normalized spacial score (nSPS) is 11.7. The van der Waals surface area contributed by atoms with E-state index in [9.17, 15) is 0 Å². The van der Waals surface area contributed by atoms with Crippen LogP contribution in [0, 0.1) is 0 Å². The van der Waals surface area contributed by atoms with Crippen molar-refractivity contribution in [3.05, 3.63) is 90.1 Å². The molecule has 2 aromatic carbocycles. The summed E-state index contributed by atoms with van der Waals surface area (Å²) in [7, 11) is 0. The number of nitrogens with one attached hydrogen (secondary N) is 1. The summed E-state index contributed by atoms with van der Waals surface area (Å²) in [6, 6.07) is 25.2. The van der Waals surface area contributed by atoms with Crippen LogP contribution in [0.4, 0.5) is 5.82 Å². The van der Waals surface area contributed by atoms with Crippen LogP contribution in [0.15, 0.2) is 79.0 Å². The lowest BCUT2D eigenvalue weighted by Crippen LogP contribution is -2.08. The molecule has 140 valence electrons. The molecule has 0 spiro atoms. The van der Waals surface area contributed by atoms with Gasteiger partial charge in [0.2, 0.25) is 0 Å². The second-order valence-corrected chi connectivity index (χ2v) is 6.71. The summed E-state index contributed by atoms with van der Waals surface area (Å²) in [6.45, 7) is 3.80. The number of pyridine rings is 1. The van der Waals surface area contributed by atoms with Crippen LogP contribution in [-0.2, 0) is 6.42 Å². The smallest absolute Gasteiger partial charge is 0.125 e. The number of hydrogen-bond donors (Lipinski definition) is 1. The highest BCUT2D eigenvalue weighted by Crippen LogP contribution is 2.25. The molecule has 0 aliphatic rings. The Morgan fingerprint density at radius 1 is 0.926 bits per heavy atom. The Bertz CT molecular complexity index is 772. The molecule has 0 aliphatic carbocycles. The van der Waals surface area contributed by atoms with Crippen molar-refractivity contribution in [1.29, 1.82) is 0 Å². The highest BCUT2D eigenvalue weighted by molar-refractivity contribution is 5.33. The number of nitrogens with zero attached hydrogens (tertiary/aromatic N) is 1. The van der Waals surface area contributed by atoms with Gasteiger partial charge >= 0.3 is 0 Å². The van der Waals surface area contributed by atoms with Crippen molar-refractivity contribution in [2.75, 3.05) is 18.5 Å². The number of hydrogen-bond acceptors (Lipinski definition) is 3. The third kappa shape index (κ3) is 6.14. The first-order valence-electron chi connectivity index (χ1n) is 9.76. The highest BCUT2D eigenvalue weighted by atomic mass is 16.5. The van der Waals surface area contributed by atoms with Crippen molar-refractivity contribution in [3.8, 4) is 5.75 Å². The average molecular weight is 361 g/mol. The summed E-state index contributed by atoms with van der Waals surface area (Å²) in [5.74, 6) is 2.41. The second-order valence-electron chi connectivity index (χ2n) is 6.71. The third-order valence-corrected chi connectivity index (χ3v) is 4.73. The van der Waals surface area contributed by atoms with Gasteiger partial charge in [0.05, 0.1) is 6.61 Å². The average Bonchev–Trinajstić information content (AvgIpc) is 2.74. The maximum atomic E-state index is 5.85. The predicted molar refractivity (Wildman–Crippen MR) is 112 cm³/mol. The Hall–Kier alpha value is -2.81. The van der Waals surface area contributed by atoms with Crippen molar-refractivity contribution in [1.82, 2.24) is 4.98 Å². The molecule has 1 atom stereocenters. The van der Waals surface area contributed by atoms with Crippen LogP contribution in [0.25, 0.3) is 0 Å². The predicted octanol–water partition coefficient (Wildman–Crippen LogP) is 5.70. The summed E-state index contributed by atoms with van der Waals surface area (Å²) < 4.78 is 5.85. The van der Waals surface area contributed by atoms with Crippen LogP contribution < -0.4 is 10.1 Å². The quantitative estimate of drug-likeness (QED) is 0.471. The van der Waals surface area contributed by atoms with Crippen LogP contribution in [-0.4, -0.2) is 18.1 Å². The van der Waals surface area contributed by atoms with E-state index >= 15 is 0 Å². The SMILES string of the molecule is CCC(Cc1ccc(OCCCNc2ccccn2)cc1)c1ccccc1. The van der Waals surface area contributed by atoms with Crippen molar-refractivity contribution in [2.24, 2.45) is 0 Å². The summed E-state index contributed by atoms with van der Waals surface area (Å²) >= 11 is 0. The molecule has 1 aromatic heterocycles. The first kappa shape index (κ1) is 19.0. The van der Waals surface area contributed by atoms with Gasteiger partial charge in [-0.05, 0) is 60.6 Å². The first-order valence-corrected chi connectivity index (χ1v) is 9.76. The van der Waals surface area contributed by atoms with E-state index in [2.05, 4.69) is 71.8 Å². The fourth-order valence-corrected chi connectivity index (χ4v) is 3.18. The molecule has 3 nitrogen and oxygen atoms in total. The molecule has 0 fully saturated rings. The molecule has 0 bridgehead atoms. The molecule has 1 N–H and O–H groups in total. The minimum Gasteiger partial charge on any atom is -0.494 e. The maximum absolute atomic E-state index is 5.85. The van der Waals surface area contributed by atoms with E-state index in [1.807, 2.05) is 18.2 Å². The lowest BCUT2D eigenvalue weighted by molar-refractivity contribution is 0.315. The summed E-state index contributed by atoms with van der Waals surface area (Å²) in [5.41, 5.74) is 2.77. The Morgan fingerprint density at radius 3 is 2.41 bits per heavy atom. The number of benzene rings is 2. The van der Waals surface area contributed by atoms with E-state index in [1.165, 1.54) is 11.1 Å². The molecule has 27 heavy (non-hydrogen) atoms. The van der Waals surface area contributed by atoms with E-state index in [1.54, 1.807) is 6.20 Å². The Morgan fingerprint density at radius 2 is 1.70 bits per heavy atom. The number of anilines is 1. The van der Waals surface area contributed by atoms with E-state index in [0.717, 1.165) is 37.4 Å². The molecule has 0 aliphatic heterocycles. The molecule has 3 aromatic rings. The van der Waals surface area contributed by atoms with E-state index < -0.39 is 0 Å². The topological polar surface area (TPSA) is 34.1 Å². The Labute approximate surface area is 162 Å². The van der Waals surface area contributed by atoms with E-state index in [-0.39, 0.29) is 0 Å². The first-order chi connectivity index (χ1) is 13.3. The molecule has 0 amide bonds. The van der Waals surface area contributed by atoms with Crippen molar-refractivity contribution in [2.45, 2.75) is 32.1 Å². The van der Waals surface area contributed by atoms with Crippen LogP contribution in [0.1, 0.15) is 36.8 Å². The molecular formula is C24H28N2O. The fourth-order valence-electron chi connectivity index (χ4n) is 3.18. The minimum absolute atomic E-state index is 0.565. The van der Waals surface area contributed by atoms with Crippen molar-refractivity contribution in [3.63, 3.8) is 0 Å². The van der Waals surface area contributed by atoms with Gasteiger partial charge in [-0.25, -0.2) is 4.98 Å². The molecule has 3 heteroatoms. The van der Waals surface area contributed by atoms with Gasteiger partial charge in [-0.1, -0.05) is 55.5 Å². The highest BCUT2D eigenvalue weighted by Gasteiger charge is 2.10. The van der Waals surface area contributed by atoms with Gasteiger partial charge in [0, 0.05) is 12.7 Å². The Kier molecular flexibility index (Phi) is 7.28. The van der Waals surface area contributed by atoms with Crippen molar-refractivity contribution >= 4 is 5.82 Å². The minimum atomic E-state index is 0.565. The second kappa shape index (κ2) is 10.4. The molecule has 0 saturated carbocycles. The number of rotatable bonds is 10. The van der Waals surface area contributed by atoms with Crippen LogP contribution in [0.5, 0.6) is 5.75 Å². The third-order valence-electron chi connectivity index (χ3n) is 4.73. The number of ether oxygens (including phenoxy) is 1. The lowest BCUT2D eigenvalue weighted by atomic mass is 9.90. The largest absolute Gasteiger partial charge is 0.494 e. The van der Waals surface area contributed by atoms with Crippen LogP contribution >= 0.6 is 0 Å². The monoisotopic (exact) mass is 360 g/mol. The van der Waals surface area contributed by atoms with Gasteiger partial charge in [-0.3, -0.25) is 0 Å². The zero-order valence-corrected chi connectivity index (χ0v) is 16.0. The zero-order valence-electron chi connectivity index (χ0n) is 16.0. The molecule has 1 unspecified atom stereocenters. The molecule has 0 radical (unpaired) electrons. The van der Waals surface area contributed by atoms with Gasteiger partial charge in [-0.2, -0.15) is 0 Å². The van der Waals surface area contributed by atoms with Gasteiger partial charge in [0.1, 0.15) is 11.6 Å².